The minimum Gasteiger partial charge on any atom is -0.466 e. The largest absolute Gasteiger partial charge is 0.466 e. The minimum absolute atomic E-state index is 0.142. The number of ketones is 1. The zero-order chi connectivity index (χ0) is 13.3. The monoisotopic (exact) mass is 241 g/mol. The highest BCUT2D eigenvalue weighted by atomic mass is 16.5. The number of hydrogen-bond acceptors (Lipinski definition) is 6. The number of esters is 2. The smallest absolute Gasteiger partial charge is 0.323 e. The number of nitriles is 1. The Bertz CT molecular complexity index is 331. The van der Waals surface area contributed by atoms with Gasteiger partial charge in [0.2, 0.25) is 0 Å². The minimum atomic E-state index is -1.16. The Morgan fingerprint density at radius 2 is 1.76 bits per heavy atom. The molecule has 0 rings (SSSR count). The summed E-state index contributed by atoms with van der Waals surface area (Å²) in [7, 11) is 0. The Labute approximate surface area is 99.5 Å². The van der Waals surface area contributed by atoms with E-state index in [9.17, 15) is 14.4 Å². The van der Waals surface area contributed by atoms with Crippen molar-refractivity contribution in [3.8, 4) is 6.07 Å². The van der Waals surface area contributed by atoms with E-state index in [1.54, 1.807) is 19.9 Å². The molecular weight excluding hydrogens is 226 g/mol. The zero-order valence-corrected chi connectivity index (χ0v) is 9.89. The molecule has 0 fully saturated rings. The number of Topliss-reactive ketones (excluding diaryl/α,β-unsaturated/α-hetero) is 1. The topological polar surface area (TPSA) is 93.5 Å². The first kappa shape index (κ1) is 15.1. The van der Waals surface area contributed by atoms with E-state index >= 15 is 0 Å². The van der Waals surface area contributed by atoms with Crippen LogP contribution in [0.5, 0.6) is 0 Å². The molecule has 0 aromatic carbocycles. The first-order chi connectivity index (χ1) is 8.04. The third kappa shape index (κ3) is 6.30. The van der Waals surface area contributed by atoms with Gasteiger partial charge in [0.25, 0.3) is 0 Å². The van der Waals surface area contributed by atoms with Gasteiger partial charge in [-0.25, -0.2) is 0 Å². The summed E-state index contributed by atoms with van der Waals surface area (Å²) in [5.41, 5.74) is 0. The van der Waals surface area contributed by atoms with E-state index in [1.807, 2.05) is 0 Å². The SMILES string of the molecule is CCOC(=O)CC(=O)CC(C#N)C(=O)OCC. The Morgan fingerprint density at radius 1 is 1.18 bits per heavy atom. The van der Waals surface area contributed by atoms with Gasteiger partial charge >= 0.3 is 11.9 Å². The van der Waals surface area contributed by atoms with Gasteiger partial charge in [0.15, 0.2) is 5.92 Å². The lowest BCUT2D eigenvalue weighted by Crippen LogP contribution is -2.21. The highest BCUT2D eigenvalue weighted by Gasteiger charge is 2.24. The van der Waals surface area contributed by atoms with Crippen molar-refractivity contribution in [2.45, 2.75) is 26.7 Å². The van der Waals surface area contributed by atoms with Crippen molar-refractivity contribution in [2.24, 2.45) is 5.92 Å². The van der Waals surface area contributed by atoms with E-state index in [0.29, 0.717) is 0 Å². The van der Waals surface area contributed by atoms with Gasteiger partial charge in [0, 0.05) is 6.42 Å². The van der Waals surface area contributed by atoms with Crippen LogP contribution in [0.25, 0.3) is 0 Å². The molecular formula is C11H15NO5. The molecule has 1 atom stereocenters. The van der Waals surface area contributed by atoms with Crippen molar-refractivity contribution in [3.05, 3.63) is 0 Å². The summed E-state index contributed by atoms with van der Waals surface area (Å²) in [4.78, 5) is 33.5. The third-order valence-electron chi connectivity index (χ3n) is 1.81. The molecule has 0 amide bonds. The third-order valence-corrected chi connectivity index (χ3v) is 1.81. The molecule has 6 heteroatoms. The maximum absolute atomic E-state index is 11.3. The molecule has 94 valence electrons. The van der Waals surface area contributed by atoms with E-state index in [4.69, 9.17) is 5.26 Å². The molecule has 0 aromatic heterocycles. The van der Waals surface area contributed by atoms with Crippen LogP contribution in [0.2, 0.25) is 0 Å². The molecule has 0 aliphatic heterocycles. The first-order valence-electron chi connectivity index (χ1n) is 5.28. The van der Waals surface area contributed by atoms with Crippen molar-refractivity contribution < 1.29 is 23.9 Å². The van der Waals surface area contributed by atoms with Crippen molar-refractivity contribution in [2.75, 3.05) is 13.2 Å². The maximum atomic E-state index is 11.3. The summed E-state index contributed by atoms with van der Waals surface area (Å²) < 4.78 is 9.20. The van der Waals surface area contributed by atoms with Crippen LogP contribution >= 0.6 is 0 Å². The second-order valence-corrected chi connectivity index (χ2v) is 3.16. The zero-order valence-electron chi connectivity index (χ0n) is 9.89. The molecule has 0 spiro atoms. The number of ether oxygens (including phenoxy) is 2. The second kappa shape index (κ2) is 8.28. The van der Waals surface area contributed by atoms with E-state index in [2.05, 4.69) is 9.47 Å². The van der Waals surface area contributed by atoms with E-state index in [0.717, 1.165) is 0 Å². The van der Waals surface area contributed by atoms with Crippen LogP contribution < -0.4 is 0 Å². The van der Waals surface area contributed by atoms with Gasteiger partial charge < -0.3 is 9.47 Å². The van der Waals surface area contributed by atoms with Crippen molar-refractivity contribution >= 4 is 17.7 Å². The lowest BCUT2D eigenvalue weighted by atomic mass is 10.0. The molecule has 0 aliphatic rings. The van der Waals surface area contributed by atoms with Gasteiger partial charge in [-0.3, -0.25) is 14.4 Å². The molecule has 1 unspecified atom stereocenters. The molecule has 0 N–H and O–H groups in total. The number of nitrogens with zero attached hydrogens (tertiary/aromatic N) is 1. The fourth-order valence-electron chi connectivity index (χ4n) is 1.10. The highest BCUT2D eigenvalue weighted by molar-refractivity contribution is 5.97. The average molecular weight is 241 g/mol. The average Bonchev–Trinajstić information content (AvgIpc) is 2.26. The molecule has 0 radical (unpaired) electrons. The Kier molecular flexibility index (Phi) is 7.35. The predicted molar refractivity (Wildman–Crippen MR) is 56.6 cm³/mol. The fourth-order valence-corrected chi connectivity index (χ4v) is 1.10. The summed E-state index contributed by atoms with van der Waals surface area (Å²) in [5, 5.41) is 8.69. The van der Waals surface area contributed by atoms with Gasteiger partial charge in [-0.15, -0.1) is 0 Å². The molecule has 6 nitrogen and oxygen atoms in total. The summed E-state index contributed by atoms with van der Waals surface area (Å²) in [6.45, 7) is 3.56. The van der Waals surface area contributed by atoms with Gasteiger partial charge in [0.05, 0.1) is 19.3 Å². The van der Waals surface area contributed by atoms with Crippen molar-refractivity contribution in [1.29, 1.82) is 5.26 Å². The second-order valence-electron chi connectivity index (χ2n) is 3.16. The van der Waals surface area contributed by atoms with Gasteiger partial charge in [-0.05, 0) is 13.8 Å². The normalized spacial score (nSPS) is 11.1. The van der Waals surface area contributed by atoms with Crippen LogP contribution in [0.1, 0.15) is 26.7 Å². The number of rotatable bonds is 7. The van der Waals surface area contributed by atoms with Crippen LogP contribution in [-0.2, 0) is 23.9 Å². The predicted octanol–water partition coefficient (Wildman–Crippen LogP) is 0.602. The van der Waals surface area contributed by atoms with Crippen LogP contribution in [0.15, 0.2) is 0 Å². The summed E-state index contributed by atoms with van der Waals surface area (Å²) in [6.07, 6.45) is -0.750. The lowest BCUT2D eigenvalue weighted by molar-refractivity contribution is -0.150. The van der Waals surface area contributed by atoms with Crippen LogP contribution in [0, 0.1) is 17.2 Å². The van der Waals surface area contributed by atoms with Crippen LogP contribution in [-0.4, -0.2) is 30.9 Å². The van der Waals surface area contributed by atoms with Crippen LogP contribution in [0.3, 0.4) is 0 Å². The summed E-state index contributed by atoms with van der Waals surface area (Å²) >= 11 is 0. The first-order valence-corrected chi connectivity index (χ1v) is 5.28. The molecule has 17 heavy (non-hydrogen) atoms. The van der Waals surface area contributed by atoms with Gasteiger partial charge in [-0.2, -0.15) is 5.26 Å². The molecule has 0 aliphatic carbocycles. The number of hydrogen-bond donors (Lipinski definition) is 0. The molecule has 0 saturated heterocycles. The van der Waals surface area contributed by atoms with Crippen molar-refractivity contribution in [3.63, 3.8) is 0 Å². The fraction of sp³-hybridized carbons (Fsp3) is 0.636. The summed E-state index contributed by atoms with van der Waals surface area (Å²) in [5.74, 6) is -3.06. The lowest BCUT2D eigenvalue weighted by Gasteiger charge is -2.07. The number of carbonyl (C=O) groups is 3. The Balaban J connectivity index is 4.21. The van der Waals surface area contributed by atoms with Crippen molar-refractivity contribution in [1.82, 2.24) is 0 Å². The van der Waals surface area contributed by atoms with E-state index in [-0.39, 0.29) is 19.6 Å². The maximum Gasteiger partial charge on any atom is 0.323 e. The van der Waals surface area contributed by atoms with E-state index < -0.39 is 30.1 Å². The Morgan fingerprint density at radius 3 is 2.24 bits per heavy atom. The standard InChI is InChI=1S/C11H15NO5/c1-3-16-10(14)6-9(13)5-8(7-12)11(15)17-4-2/h8H,3-6H2,1-2H3. The summed E-state index contributed by atoms with van der Waals surface area (Å²) in [6, 6.07) is 1.68. The molecule has 0 aromatic rings. The van der Waals surface area contributed by atoms with Gasteiger partial charge in [-0.1, -0.05) is 0 Å². The highest BCUT2D eigenvalue weighted by Crippen LogP contribution is 2.07. The molecule has 0 bridgehead atoms. The molecule has 0 saturated carbocycles. The van der Waals surface area contributed by atoms with E-state index in [1.165, 1.54) is 0 Å². The quantitative estimate of drug-likeness (QED) is 0.478. The van der Waals surface area contributed by atoms with Crippen LogP contribution in [0.4, 0.5) is 0 Å². The van der Waals surface area contributed by atoms with Gasteiger partial charge in [0.1, 0.15) is 12.2 Å². The number of carbonyl (C=O) groups excluding carboxylic acids is 3. The Hall–Kier alpha value is -1.90. The molecule has 0 heterocycles.